The third-order valence-corrected chi connectivity index (χ3v) is 13.6. The van der Waals surface area contributed by atoms with Crippen molar-refractivity contribution in [2.45, 2.75) is 334 Å². The van der Waals surface area contributed by atoms with E-state index in [4.69, 9.17) is 4.74 Å². The van der Waals surface area contributed by atoms with Gasteiger partial charge in [0.15, 0.2) is 0 Å². The number of hydrogen-bond donors (Lipinski definition) is 3. The maximum absolute atomic E-state index is 12.5. The molecule has 0 aromatic rings. The van der Waals surface area contributed by atoms with Crippen LogP contribution in [0.2, 0.25) is 0 Å². The Morgan fingerprint density at radius 1 is 0.422 bits per heavy atom. The second-order valence-corrected chi connectivity index (χ2v) is 20.0. The Morgan fingerprint density at radius 2 is 0.719 bits per heavy atom. The van der Waals surface area contributed by atoms with E-state index in [1.807, 2.05) is 6.08 Å². The topological polar surface area (TPSA) is 95.9 Å². The largest absolute Gasteiger partial charge is 0.466 e. The first-order valence-corrected chi connectivity index (χ1v) is 29.0. The van der Waals surface area contributed by atoms with E-state index in [-0.39, 0.29) is 18.5 Å². The van der Waals surface area contributed by atoms with E-state index in [9.17, 15) is 19.8 Å². The minimum absolute atomic E-state index is 0.0220. The summed E-state index contributed by atoms with van der Waals surface area (Å²) in [5.74, 6) is -0.114. The fourth-order valence-electron chi connectivity index (χ4n) is 9.11. The average molecular weight is 905 g/mol. The quantitative estimate of drug-likeness (QED) is 0.0321. The van der Waals surface area contributed by atoms with Crippen LogP contribution in [0.3, 0.4) is 0 Å². The summed E-state index contributed by atoms with van der Waals surface area (Å²) in [6.07, 6.45) is 63.7. The predicted octanol–water partition coefficient (Wildman–Crippen LogP) is 17.7. The number of ether oxygens (including phenoxy) is 1. The highest BCUT2D eigenvalue weighted by atomic mass is 16.5. The summed E-state index contributed by atoms with van der Waals surface area (Å²) in [6.45, 7) is 4.87. The van der Waals surface area contributed by atoms with Gasteiger partial charge in [-0.2, -0.15) is 0 Å². The second kappa shape index (κ2) is 54.2. The molecule has 0 spiro atoms. The first-order chi connectivity index (χ1) is 31.5. The van der Waals surface area contributed by atoms with Crippen LogP contribution in [0.4, 0.5) is 0 Å². The Morgan fingerprint density at radius 3 is 1.06 bits per heavy atom. The lowest BCUT2D eigenvalue weighted by molar-refractivity contribution is -0.143. The van der Waals surface area contributed by atoms with Crippen LogP contribution in [0.15, 0.2) is 12.2 Å². The molecule has 0 aliphatic heterocycles. The third kappa shape index (κ3) is 50.0. The standard InChI is InChI=1S/C58H113NO5/c1-3-5-7-9-11-13-15-17-19-21-23-24-25-27-29-31-34-38-42-46-50-56(61)55(54-60)59-57(62)51-47-43-39-35-33-37-41-45-49-53-64-58(63)52-48-44-40-36-32-30-28-26-22-20-18-16-14-12-10-8-6-4-2/h46,50,55-56,60-61H,3-45,47-49,51-54H2,1-2H3,(H,59,62)/b50-46+. The van der Waals surface area contributed by atoms with Crippen LogP contribution in [0.1, 0.15) is 322 Å². The smallest absolute Gasteiger partial charge is 0.305 e. The van der Waals surface area contributed by atoms with Gasteiger partial charge in [0.2, 0.25) is 5.91 Å². The molecule has 0 aromatic carbocycles. The van der Waals surface area contributed by atoms with Gasteiger partial charge in [0.1, 0.15) is 0 Å². The van der Waals surface area contributed by atoms with E-state index >= 15 is 0 Å². The Balaban J connectivity index is 3.48. The monoisotopic (exact) mass is 904 g/mol. The first-order valence-electron chi connectivity index (χ1n) is 29.0. The third-order valence-electron chi connectivity index (χ3n) is 13.6. The Hall–Kier alpha value is -1.40. The van der Waals surface area contributed by atoms with Crippen LogP contribution in [0.25, 0.3) is 0 Å². The van der Waals surface area contributed by atoms with Gasteiger partial charge in [0.05, 0.1) is 25.4 Å². The maximum atomic E-state index is 12.5. The van der Waals surface area contributed by atoms with Crippen LogP contribution < -0.4 is 5.32 Å². The van der Waals surface area contributed by atoms with Gasteiger partial charge in [-0.25, -0.2) is 0 Å². The van der Waals surface area contributed by atoms with Crippen molar-refractivity contribution in [3.8, 4) is 0 Å². The van der Waals surface area contributed by atoms with Gasteiger partial charge in [0, 0.05) is 12.8 Å². The zero-order valence-corrected chi connectivity index (χ0v) is 43.3. The van der Waals surface area contributed by atoms with Crippen molar-refractivity contribution in [1.29, 1.82) is 0 Å². The maximum Gasteiger partial charge on any atom is 0.305 e. The van der Waals surface area contributed by atoms with E-state index in [1.165, 1.54) is 238 Å². The molecule has 0 heterocycles. The number of amides is 1. The number of esters is 1. The van der Waals surface area contributed by atoms with Crippen LogP contribution in [-0.4, -0.2) is 47.4 Å². The summed E-state index contributed by atoms with van der Waals surface area (Å²) in [7, 11) is 0. The van der Waals surface area contributed by atoms with Crippen LogP contribution in [0, 0.1) is 0 Å². The molecule has 0 rings (SSSR count). The fraction of sp³-hybridized carbons (Fsp3) is 0.931. The number of carbonyl (C=O) groups is 2. The SMILES string of the molecule is CCCCCCCCCCCCCCCCCCCC/C=C/C(O)C(CO)NC(=O)CCCCCCCCCCCOC(=O)CCCCCCCCCCCCCCCCCCCC. The van der Waals surface area contributed by atoms with Crippen molar-refractivity contribution in [2.24, 2.45) is 0 Å². The number of unbranched alkanes of at least 4 members (excludes halogenated alkanes) is 43. The van der Waals surface area contributed by atoms with Gasteiger partial charge in [-0.3, -0.25) is 9.59 Å². The Kier molecular flexibility index (Phi) is 53.0. The number of hydrogen-bond acceptors (Lipinski definition) is 5. The van der Waals surface area contributed by atoms with Crippen molar-refractivity contribution < 1.29 is 24.5 Å². The van der Waals surface area contributed by atoms with Crippen molar-refractivity contribution >= 4 is 11.9 Å². The highest BCUT2D eigenvalue weighted by Gasteiger charge is 2.18. The Bertz CT molecular complexity index is 955. The lowest BCUT2D eigenvalue weighted by atomic mass is 10.0. The Labute approximate surface area is 399 Å². The molecule has 0 saturated heterocycles. The van der Waals surface area contributed by atoms with Crippen molar-refractivity contribution in [2.75, 3.05) is 13.2 Å². The zero-order chi connectivity index (χ0) is 46.5. The highest BCUT2D eigenvalue weighted by molar-refractivity contribution is 5.76. The molecule has 0 aliphatic rings. The average Bonchev–Trinajstić information content (AvgIpc) is 3.29. The minimum atomic E-state index is -0.861. The predicted molar refractivity (Wildman–Crippen MR) is 278 cm³/mol. The van der Waals surface area contributed by atoms with Gasteiger partial charge in [-0.05, 0) is 32.1 Å². The lowest BCUT2D eigenvalue weighted by Gasteiger charge is -2.20. The molecule has 0 aliphatic carbocycles. The number of aliphatic hydroxyl groups excluding tert-OH is 2. The fourth-order valence-corrected chi connectivity index (χ4v) is 9.11. The molecule has 64 heavy (non-hydrogen) atoms. The highest BCUT2D eigenvalue weighted by Crippen LogP contribution is 2.17. The van der Waals surface area contributed by atoms with Crippen molar-refractivity contribution in [1.82, 2.24) is 5.32 Å². The van der Waals surface area contributed by atoms with E-state index in [1.54, 1.807) is 6.08 Å². The molecule has 6 heteroatoms. The molecule has 380 valence electrons. The van der Waals surface area contributed by atoms with Crippen molar-refractivity contribution in [3.05, 3.63) is 12.2 Å². The second-order valence-electron chi connectivity index (χ2n) is 20.0. The molecule has 0 fully saturated rings. The molecule has 2 unspecified atom stereocenters. The van der Waals surface area contributed by atoms with Gasteiger partial charge >= 0.3 is 5.97 Å². The summed E-state index contributed by atoms with van der Waals surface area (Å²) in [5, 5.41) is 23.1. The van der Waals surface area contributed by atoms with E-state index in [0.29, 0.717) is 19.4 Å². The lowest BCUT2D eigenvalue weighted by Crippen LogP contribution is -2.45. The molecule has 0 radical (unpaired) electrons. The molecule has 1 amide bonds. The molecule has 0 aromatic heterocycles. The van der Waals surface area contributed by atoms with Crippen LogP contribution in [-0.2, 0) is 14.3 Å². The summed E-state index contributed by atoms with van der Waals surface area (Å²) >= 11 is 0. The number of nitrogens with one attached hydrogen (secondary N) is 1. The molecule has 2 atom stereocenters. The van der Waals surface area contributed by atoms with Crippen LogP contribution in [0.5, 0.6) is 0 Å². The summed E-state index contributed by atoms with van der Waals surface area (Å²) < 4.78 is 5.47. The van der Waals surface area contributed by atoms with Crippen molar-refractivity contribution in [3.63, 3.8) is 0 Å². The minimum Gasteiger partial charge on any atom is -0.466 e. The normalized spacial score (nSPS) is 12.6. The van der Waals surface area contributed by atoms with E-state index < -0.39 is 12.1 Å². The molecule has 6 nitrogen and oxygen atoms in total. The molecule has 0 bridgehead atoms. The number of allylic oxidation sites excluding steroid dienone is 1. The molecular formula is C58H113NO5. The summed E-state index contributed by atoms with van der Waals surface area (Å²) in [5.41, 5.74) is 0. The molecule has 3 N–H and O–H groups in total. The van der Waals surface area contributed by atoms with E-state index in [0.717, 1.165) is 57.8 Å². The summed E-state index contributed by atoms with van der Waals surface area (Å²) in [6, 6.07) is -0.647. The van der Waals surface area contributed by atoms with Crippen LogP contribution >= 0.6 is 0 Å². The van der Waals surface area contributed by atoms with Gasteiger partial charge in [-0.1, -0.05) is 289 Å². The summed E-state index contributed by atoms with van der Waals surface area (Å²) in [4.78, 5) is 24.6. The van der Waals surface area contributed by atoms with Gasteiger partial charge < -0.3 is 20.3 Å². The van der Waals surface area contributed by atoms with E-state index in [2.05, 4.69) is 19.2 Å². The number of aliphatic hydroxyl groups is 2. The molecular weight excluding hydrogens is 791 g/mol. The number of carbonyl (C=O) groups excluding carboxylic acids is 2. The van der Waals surface area contributed by atoms with Gasteiger partial charge in [0.25, 0.3) is 0 Å². The zero-order valence-electron chi connectivity index (χ0n) is 43.3. The molecule has 0 saturated carbocycles. The first kappa shape index (κ1) is 62.6. The number of rotatable bonds is 54. The van der Waals surface area contributed by atoms with Gasteiger partial charge in [-0.15, -0.1) is 0 Å².